The lowest BCUT2D eigenvalue weighted by Crippen LogP contribution is -2.08. The fraction of sp³-hybridized carbons (Fsp3) is 0.227. The smallest absolute Gasteiger partial charge is 0.192 e. The molecule has 4 aromatic rings. The zero-order valence-corrected chi connectivity index (χ0v) is 18.2. The number of aromatic nitrogens is 5. The number of ketones is 2. The summed E-state index contributed by atoms with van der Waals surface area (Å²) in [7, 11) is 0. The predicted octanol–water partition coefficient (Wildman–Crippen LogP) is 4.10. The maximum Gasteiger partial charge on any atom is 0.192 e. The van der Waals surface area contributed by atoms with Gasteiger partial charge in [-0.2, -0.15) is 0 Å². The number of nitrogens with zero attached hydrogens (tertiary/aromatic N) is 4. The number of hydrogen-bond donors (Lipinski definition) is 1. The number of hydrogen-bond acceptors (Lipinski definition) is 7. The lowest BCUT2D eigenvalue weighted by atomic mass is 10.1. The van der Waals surface area contributed by atoms with E-state index in [1.54, 1.807) is 32.5 Å². The van der Waals surface area contributed by atoms with Crippen LogP contribution in [0.4, 0.5) is 0 Å². The normalized spacial score (nSPS) is 11.1. The van der Waals surface area contributed by atoms with Gasteiger partial charge >= 0.3 is 0 Å². The number of Topliss-reactive ketones (excluding diaryl/α,β-unsaturated/α-hetero) is 2. The first-order valence-electron chi connectivity index (χ1n) is 9.67. The van der Waals surface area contributed by atoms with Gasteiger partial charge in [-0.3, -0.25) is 19.1 Å². The summed E-state index contributed by atoms with van der Waals surface area (Å²) in [6.07, 6.45) is 5.03. The molecule has 0 aliphatic rings. The summed E-state index contributed by atoms with van der Waals surface area (Å²) in [5, 5.41) is 9.22. The number of rotatable bonds is 8. The van der Waals surface area contributed by atoms with Crippen LogP contribution in [0.3, 0.4) is 0 Å². The molecule has 0 saturated heterocycles. The van der Waals surface area contributed by atoms with Crippen molar-refractivity contribution in [2.24, 2.45) is 0 Å². The van der Waals surface area contributed by atoms with Crippen LogP contribution in [0.5, 0.6) is 0 Å². The number of carbonyl (C=O) groups excluding carboxylic acids is 2. The van der Waals surface area contributed by atoms with Crippen LogP contribution in [0.15, 0.2) is 52.5 Å². The van der Waals surface area contributed by atoms with Gasteiger partial charge in [-0.25, -0.2) is 0 Å². The highest BCUT2D eigenvalue weighted by atomic mass is 32.2. The molecule has 0 radical (unpaired) electrons. The Balaban J connectivity index is 1.60. The molecule has 0 aliphatic carbocycles. The third-order valence-corrected chi connectivity index (χ3v) is 5.90. The van der Waals surface area contributed by atoms with Crippen LogP contribution in [-0.2, 0) is 6.54 Å². The molecule has 4 rings (SSSR count). The summed E-state index contributed by atoms with van der Waals surface area (Å²) in [6.45, 7) is 5.52. The first-order chi connectivity index (χ1) is 15.0. The van der Waals surface area contributed by atoms with Crippen LogP contribution < -0.4 is 0 Å². The van der Waals surface area contributed by atoms with Crippen molar-refractivity contribution >= 4 is 23.3 Å². The van der Waals surface area contributed by atoms with Crippen LogP contribution in [0.2, 0.25) is 0 Å². The van der Waals surface area contributed by atoms with Gasteiger partial charge in [0.25, 0.3) is 0 Å². The number of thioether (sulfide) groups is 1. The molecular weight excluding hydrogens is 414 g/mol. The molecule has 8 nitrogen and oxygen atoms in total. The van der Waals surface area contributed by atoms with Crippen molar-refractivity contribution < 1.29 is 14.0 Å². The van der Waals surface area contributed by atoms with Gasteiger partial charge in [0.2, 0.25) is 0 Å². The van der Waals surface area contributed by atoms with Gasteiger partial charge in [-0.15, -0.1) is 10.2 Å². The quantitative estimate of drug-likeness (QED) is 0.328. The Kier molecular flexibility index (Phi) is 5.85. The molecule has 0 atom stereocenters. The summed E-state index contributed by atoms with van der Waals surface area (Å²) >= 11 is 1.29. The first kappa shape index (κ1) is 20.8. The zero-order chi connectivity index (χ0) is 22.0. The van der Waals surface area contributed by atoms with Crippen molar-refractivity contribution in [1.82, 2.24) is 24.7 Å². The minimum atomic E-state index is -0.103. The van der Waals surface area contributed by atoms with E-state index in [1.807, 2.05) is 28.8 Å². The molecule has 0 unspecified atom stereocenters. The van der Waals surface area contributed by atoms with E-state index in [2.05, 4.69) is 20.2 Å². The van der Waals surface area contributed by atoms with E-state index < -0.39 is 0 Å². The fourth-order valence-electron chi connectivity index (χ4n) is 3.56. The van der Waals surface area contributed by atoms with Gasteiger partial charge in [0.1, 0.15) is 5.76 Å². The molecule has 4 aromatic heterocycles. The highest BCUT2D eigenvalue weighted by Gasteiger charge is 2.22. The molecule has 1 N–H and O–H groups in total. The van der Waals surface area contributed by atoms with E-state index in [9.17, 15) is 9.59 Å². The summed E-state index contributed by atoms with van der Waals surface area (Å²) in [5.41, 5.74) is 3.25. The maximum atomic E-state index is 12.9. The van der Waals surface area contributed by atoms with Crippen LogP contribution in [0.25, 0.3) is 11.4 Å². The maximum absolute atomic E-state index is 12.9. The van der Waals surface area contributed by atoms with Crippen molar-refractivity contribution in [2.45, 2.75) is 32.5 Å². The molecule has 0 fully saturated rings. The number of aryl methyl sites for hydroxylation is 1. The van der Waals surface area contributed by atoms with E-state index in [1.165, 1.54) is 18.7 Å². The molecule has 0 bridgehead atoms. The molecule has 0 spiro atoms. The van der Waals surface area contributed by atoms with Crippen molar-refractivity contribution in [1.29, 1.82) is 0 Å². The topological polar surface area (TPSA) is 107 Å². The van der Waals surface area contributed by atoms with Crippen LogP contribution in [0, 0.1) is 13.8 Å². The van der Waals surface area contributed by atoms with E-state index in [0.717, 1.165) is 11.3 Å². The largest absolute Gasteiger partial charge is 0.467 e. The molecule has 0 aliphatic heterocycles. The summed E-state index contributed by atoms with van der Waals surface area (Å²) in [5.74, 6) is 1.39. The minimum absolute atomic E-state index is 0.0581. The number of furan rings is 1. The predicted molar refractivity (Wildman–Crippen MR) is 116 cm³/mol. The van der Waals surface area contributed by atoms with Gasteiger partial charge < -0.3 is 9.40 Å². The van der Waals surface area contributed by atoms with Gasteiger partial charge in [0, 0.05) is 29.2 Å². The highest BCUT2D eigenvalue weighted by Crippen LogP contribution is 2.26. The Morgan fingerprint density at radius 2 is 2.03 bits per heavy atom. The number of nitrogens with one attached hydrogen (secondary N) is 1. The van der Waals surface area contributed by atoms with Crippen LogP contribution in [-0.4, -0.2) is 42.1 Å². The molecule has 158 valence electrons. The summed E-state index contributed by atoms with van der Waals surface area (Å²) < 4.78 is 7.40. The standard InChI is InChI=1S/C22H21N5O3S/c1-13-19(15(3)28)14(2)24-20(13)18(29)12-31-22-26-25-21(16-6-4-8-23-10-16)27(22)11-17-7-5-9-30-17/h4-10,24H,11-12H2,1-3H3. The lowest BCUT2D eigenvalue weighted by molar-refractivity contribution is 0.101. The van der Waals surface area contributed by atoms with E-state index >= 15 is 0 Å². The van der Waals surface area contributed by atoms with Gasteiger partial charge in [-0.1, -0.05) is 11.8 Å². The number of aromatic amines is 1. The number of H-pyrrole nitrogens is 1. The summed E-state index contributed by atoms with van der Waals surface area (Å²) in [6, 6.07) is 7.44. The second-order valence-corrected chi connectivity index (χ2v) is 8.05. The Morgan fingerprint density at radius 3 is 2.68 bits per heavy atom. The van der Waals surface area contributed by atoms with Crippen molar-refractivity contribution in [3.8, 4) is 11.4 Å². The van der Waals surface area contributed by atoms with Crippen LogP contribution >= 0.6 is 11.8 Å². The van der Waals surface area contributed by atoms with Crippen LogP contribution in [0.1, 0.15) is 44.8 Å². The molecule has 0 saturated carbocycles. The Labute approximate surface area is 183 Å². The summed E-state index contributed by atoms with van der Waals surface area (Å²) in [4.78, 5) is 32.0. The minimum Gasteiger partial charge on any atom is -0.467 e. The first-order valence-corrected chi connectivity index (χ1v) is 10.7. The molecular formula is C22H21N5O3S. The second-order valence-electron chi connectivity index (χ2n) is 7.11. The third kappa shape index (κ3) is 4.22. The molecule has 0 amide bonds. The zero-order valence-electron chi connectivity index (χ0n) is 17.4. The van der Waals surface area contributed by atoms with Gasteiger partial charge in [0.05, 0.1) is 24.3 Å². The fourth-order valence-corrected chi connectivity index (χ4v) is 4.37. The van der Waals surface area contributed by atoms with E-state index in [4.69, 9.17) is 4.42 Å². The second kappa shape index (κ2) is 8.73. The van der Waals surface area contributed by atoms with E-state index in [-0.39, 0.29) is 17.3 Å². The molecule has 9 heteroatoms. The van der Waals surface area contributed by atoms with Gasteiger partial charge in [0.15, 0.2) is 22.5 Å². The third-order valence-electron chi connectivity index (χ3n) is 4.93. The Bertz CT molecular complexity index is 1230. The van der Waals surface area contributed by atoms with Crippen molar-refractivity contribution in [3.63, 3.8) is 0 Å². The Hall–Kier alpha value is -3.46. The van der Waals surface area contributed by atoms with Gasteiger partial charge in [-0.05, 0) is 50.6 Å². The monoisotopic (exact) mass is 435 g/mol. The molecule has 31 heavy (non-hydrogen) atoms. The number of pyridine rings is 1. The Morgan fingerprint density at radius 1 is 1.19 bits per heavy atom. The lowest BCUT2D eigenvalue weighted by Gasteiger charge is -2.08. The SMILES string of the molecule is CC(=O)c1c(C)[nH]c(C(=O)CSc2nnc(-c3cccnc3)n2Cc2ccco2)c1C. The number of carbonyl (C=O) groups is 2. The van der Waals surface area contributed by atoms with E-state index in [0.29, 0.717) is 40.0 Å². The molecule has 4 heterocycles. The highest BCUT2D eigenvalue weighted by molar-refractivity contribution is 7.99. The molecule has 0 aromatic carbocycles. The van der Waals surface area contributed by atoms with Crippen molar-refractivity contribution in [3.05, 3.63) is 71.2 Å². The average Bonchev–Trinajstić information content (AvgIpc) is 3.47. The van der Waals surface area contributed by atoms with Crippen molar-refractivity contribution in [2.75, 3.05) is 5.75 Å². The average molecular weight is 436 g/mol.